The third kappa shape index (κ3) is 3.17. The molecule has 0 spiro atoms. The first kappa shape index (κ1) is 16.5. The molecule has 0 bridgehead atoms. The number of sulfonamides is 1. The molecule has 128 valence electrons. The summed E-state index contributed by atoms with van der Waals surface area (Å²) < 4.78 is 61.2. The van der Waals surface area contributed by atoms with Crippen LogP contribution >= 0.6 is 0 Å². The summed E-state index contributed by atoms with van der Waals surface area (Å²) in [5.74, 6) is 0.823. The van der Waals surface area contributed by atoms with Crippen molar-refractivity contribution >= 4 is 19.9 Å². The molecule has 9 heteroatoms. The number of fused-ring (bicyclic) bond motifs is 1. The smallest absolute Gasteiger partial charge is 0.243 e. The third-order valence-corrected chi connectivity index (χ3v) is 7.82. The number of hydrogen-bond donors (Lipinski definition) is 0. The summed E-state index contributed by atoms with van der Waals surface area (Å²) in [6.07, 6.45) is 0.333. The number of sulfone groups is 1. The Kier molecular flexibility index (Phi) is 4.28. The number of hydrogen-bond acceptors (Lipinski definition) is 6. The highest BCUT2D eigenvalue weighted by molar-refractivity contribution is 7.92. The molecule has 3 rings (SSSR count). The third-order valence-electron chi connectivity index (χ3n) is 4.05. The average molecular weight is 361 g/mol. The van der Waals surface area contributed by atoms with E-state index in [1.807, 2.05) is 0 Å². The highest BCUT2D eigenvalue weighted by atomic mass is 32.2. The van der Waals surface area contributed by atoms with Crippen LogP contribution in [0.5, 0.6) is 11.5 Å². The monoisotopic (exact) mass is 361 g/mol. The number of rotatable bonds is 4. The zero-order valence-electron chi connectivity index (χ0n) is 12.8. The molecular formula is C14H19NO6S2. The van der Waals surface area contributed by atoms with Crippen LogP contribution in [0.1, 0.15) is 13.3 Å². The molecule has 2 aliphatic heterocycles. The van der Waals surface area contributed by atoms with Crippen molar-refractivity contribution in [1.82, 2.24) is 4.31 Å². The second-order valence-corrected chi connectivity index (χ2v) is 9.69. The highest BCUT2D eigenvalue weighted by Crippen LogP contribution is 2.34. The molecule has 1 aromatic rings. The molecule has 1 fully saturated rings. The van der Waals surface area contributed by atoms with E-state index in [4.69, 9.17) is 9.47 Å². The van der Waals surface area contributed by atoms with E-state index in [0.29, 0.717) is 31.1 Å². The molecule has 2 heterocycles. The van der Waals surface area contributed by atoms with E-state index in [1.165, 1.54) is 16.4 Å². The fraction of sp³-hybridized carbons (Fsp3) is 0.571. The first-order valence-corrected chi connectivity index (χ1v) is 10.7. The minimum atomic E-state index is -3.78. The number of benzene rings is 1. The van der Waals surface area contributed by atoms with Crippen molar-refractivity contribution in [2.45, 2.75) is 24.3 Å². The topological polar surface area (TPSA) is 90.0 Å². The van der Waals surface area contributed by atoms with Gasteiger partial charge >= 0.3 is 0 Å². The maximum Gasteiger partial charge on any atom is 0.243 e. The average Bonchev–Trinajstić information content (AvgIpc) is 2.87. The lowest BCUT2D eigenvalue weighted by Crippen LogP contribution is -2.40. The minimum absolute atomic E-state index is 0.0326. The molecule has 0 aromatic heterocycles. The molecule has 0 amide bonds. The van der Waals surface area contributed by atoms with Crippen molar-refractivity contribution < 1.29 is 26.3 Å². The fourth-order valence-electron chi connectivity index (χ4n) is 2.95. The fourth-order valence-corrected chi connectivity index (χ4v) is 6.45. The van der Waals surface area contributed by atoms with Crippen molar-refractivity contribution in [2.24, 2.45) is 0 Å². The Balaban J connectivity index is 1.93. The Morgan fingerprint density at radius 1 is 1.22 bits per heavy atom. The summed E-state index contributed by atoms with van der Waals surface area (Å²) in [5, 5.41) is 0. The van der Waals surface area contributed by atoms with Crippen LogP contribution in [0, 0.1) is 0 Å². The first-order chi connectivity index (χ1) is 10.8. The molecule has 23 heavy (non-hydrogen) atoms. The Morgan fingerprint density at radius 3 is 2.52 bits per heavy atom. The van der Waals surface area contributed by atoms with E-state index >= 15 is 0 Å². The van der Waals surface area contributed by atoms with Gasteiger partial charge in [0.05, 0.1) is 16.4 Å². The van der Waals surface area contributed by atoms with E-state index in [-0.39, 0.29) is 22.9 Å². The van der Waals surface area contributed by atoms with Crippen LogP contribution in [0.4, 0.5) is 0 Å². The molecule has 1 atom stereocenters. The molecule has 1 aromatic carbocycles. The summed E-state index contributed by atoms with van der Waals surface area (Å²) in [4.78, 5) is 0.0906. The summed E-state index contributed by atoms with van der Waals surface area (Å²) >= 11 is 0. The lowest BCUT2D eigenvalue weighted by Gasteiger charge is -2.26. The first-order valence-electron chi connectivity index (χ1n) is 7.45. The van der Waals surface area contributed by atoms with Crippen LogP contribution < -0.4 is 9.47 Å². The van der Waals surface area contributed by atoms with Gasteiger partial charge in [0.25, 0.3) is 0 Å². The molecule has 0 radical (unpaired) electrons. The molecule has 7 nitrogen and oxygen atoms in total. The van der Waals surface area contributed by atoms with Gasteiger partial charge in [-0.15, -0.1) is 0 Å². The van der Waals surface area contributed by atoms with Crippen LogP contribution in [-0.4, -0.2) is 58.4 Å². The maximum atomic E-state index is 12.9. The Labute approximate surface area is 136 Å². The van der Waals surface area contributed by atoms with Crippen molar-refractivity contribution in [3.8, 4) is 11.5 Å². The van der Waals surface area contributed by atoms with E-state index in [9.17, 15) is 16.8 Å². The number of ether oxygens (including phenoxy) is 2. The second-order valence-electron chi connectivity index (χ2n) is 5.57. The van der Waals surface area contributed by atoms with Crippen molar-refractivity contribution in [3.05, 3.63) is 18.2 Å². The van der Waals surface area contributed by atoms with Crippen LogP contribution in [0.15, 0.2) is 23.1 Å². The van der Waals surface area contributed by atoms with Gasteiger partial charge in [-0.25, -0.2) is 16.8 Å². The van der Waals surface area contributed by atoms with E-state index < -0.39 is 25.9 Å². The summed E-state index contributed by atoms with van der Waals surface area (Å²) in [6, 6.07) is 3.97. The molecule has 2 aliphatic rings. The molecule has 0 aliphatic carbocycles. The maximum absolute atomic E-state index is 12.9. The molecule has 0 unspecified atom stereocenters. The zero-order valence-corrected chi connectivity index (χ0v) is 14.4. The van der Waals surface area contributed by atoms with Crippen LogP contribution in [0.3, 0.4) is 0 Å². The normalized spacial score (nSPS) is 23.1. The van der Waals surface area contributed by atoms with Gasteiger partial charge in [-0.1, -0.05) is 6.92 Å². The predicted octanol–water partition coefficient (Wildman–Crippen LogP) is 0.656. The Hall–Kier alpha value is -1.32. The Morgan fingerprint density at radius 2 is 1.91 bits per heavy atom. The van der Waals surface area contributed by atoms with Gasteiger partial charge in [0.1, 0.15) is 13.2 Å². The van der Waals surface area contributed by atoms with Gasteiger partial charge in [-0.05, 0) is 18.6 Å². The molecular weight excluding hydrogens is 342 g/mol. The largest absolute Gasteiger partial charge is 0.486 e. The SMILES string of the molecule is CCN([C@@H]1CCS(=O)(=O)C1)S(=O)(=O)c1ccc2c(c1)OCCO2. The van der Waals surface area contributed by atoms with Crippen LogP contribution in [0.2, 0.25) is 0 Å². The van der Waals surface area contributed by atoms with Crippen LogP contribution in [-0.2, 0) is 19.9 Å². The zero-order chi connectivity index (χ0) is 16.7. The molecule has 0 N–H and O–H groups in total. The van der Waals surface area contributed by atoms with Crippen molar-refractivity contribution in [1.29, 1.82) is 0 Å². The number of nitrogens with zero attached hydrogens (tertiary/aromatic N) is 1. The minimum Gasteiger partial charge on any atom is -0.486 e. The van der Waals surface area contributed by atoms with Gasteiger partial charge < -0.3 is 9.47 Å². The van der Waals surface area contributed by atoms with Gasteiger partial charge in [0.15, 0.2) is 21.3 Å². The summed E-state index contributed by atoms with van der Waals surface area (Å²) in [6.45, 7) is 2.73. The lowest BCUT2D eigenvalue weighted by molar-refractivity contribution is 0.171. The predicted molar refractivity (Wildman–Crippen MR) is 84.1 cm³/mol. The molecule has 0 saturated carbocycles. The van der Waals surface area contributed by atoms with Gasteiger partial charge in [-0.3, -0.25) is 0 Å². The lowest BCUT2D eigenvalue weighted by atomic mass is 10.3. The Bertz CT molecular complexity index is 803. The van der Waals surface area contributed by atoms with Gasteiger partial charge in [0, 0.05) is 18.7 Å². The quantitative estimate of drug-likeness (QED) is 0.782. The second kappa shape index (κ2) is 5.95. The van der Waals surface area contributed by atoms with Crippen molar-refractivity contribution in [2.75, 3.05) is 31.3 Å². The van der Waals surface area contributed by atoms with Gasteiger partial charge in [-0.2, -0.15) is 4.31 Å². The summed E-state index contributed by atoms with van der Waals surface area (Å²) in [7, 11) is -6.94. The van der Waals surface area contributed by atoms with E-state index in [0.717, 1.165) is 0 Å². The van der Waals surface area contributed by atoms with Crippen LogP contribution in [0.25, 0.3) is 0 Å². The molecule has 1 saturated heterocycles. The van der Waals surface area contributed by atoms with Gasteiger partial charge in [0.2, 0.25) is 10.0 Å². The highest BCUT2D eigenvalue weighted by Gasteiger charge is 2.38. The summed E-state index contributed by atoms with van der Waals surface area (Å²) in [5.41, 5.74) is 0. The van der Waals surface area contributed by atoms with E-state index in [2.05, 4.69) is 0 Å². The standard InChI is InChI=1S/C14H19NO6S2/c1-2-15(11-5-8-22(16,17)10-11)23(18,19)12-3-4-13-14(9-12)21-7-6-20-13/h3-4,9,11H,2,5-8,10H2,1H3/t11-/m1/s1. The van der Waals surface area contributed by atoms with E-state index in [1.54, 1.807) is 13.0 Å². The van der Waals surface area contributed by atoms with Crippen molar-refractivity contribution in [3.63, 3.8) is 0 Å².